The monoisotopic (exact) mass is 289 g/mol. The standard InChI is InChI=1S/C16H19NO4/c18-15(10-5-6-11(9-10)16(19)20)17-13-7-8-21-14-4-2-1-3-12(13)14/h1-4,10-11,13H,5-9H2,(H,17,18)(H,19,20). The molecule has 3 atom stereocenters. The Hall–Kier alpha value is -2.04. The van der Waals surface area contributed by atoms with Gasteiger partial charge in [-0.25, -0.2) is 0 Å². The van der Waals surface area contributed by atoms with E-state index in [1.165, 1.54) is 0 Å². The maximum absolute atomic E-state index is 12.3. The van der Waals surface area contributed by atoms with Crippen LogP contribution >= 0.6 is 0 Å². The normalized spacial score (nSPS) is 27.5. The number of carboxylic acids is 1. The van der Waals surface area contributed by atoms with Gasteiger partial charge in [0.15, 0.2) is 0 Å². The van der Waals surface area contributed by atoms with Gasteiger partial charge >= 0.3 is 5.97 Å². The lowest BCUT2D eigenvalue weighted by Crippen LogP contribution is -2.35. The third kappa shape index (κ3) is 2.86. The van der Waals surface area contributed by atoms with E-state index in [0.717, 1.165) is 17.7 Å². The highest BCUT2D eigenvalue weighted by atomic mass is 16.5. The zero-order chi connectivity index (χ0) is 14.8. The van der Waals surface area contributed by atoms with Gasteiger partial charge in [0.25, 0.3) is 0 Å². The summed E-state index contributed by atoms with van der Waals surface area (Å²) in [5.41, 5.74) is 1.00. The van der Waals surface area contributed by atoms with Gasteiger partial charge in [-0.05, 0) is 25.3 Å². The number of carboxylic acid groups (broad SMARTS) is 1. The number of carbonyl (C=O) groups excluding carboxylic acids is 1. The number of amides is 1. The summed E-state index contributed by atoms with van der Waals surface area (Å²) in [5, 5.41) is 12.1. The Morgan fingerprint density at radius 1 is 1.14 bits per heavy atom. The quantitative estimate of drug-likeness (QED) is 0.893. The van der Waals surface area contributed by atoms with Crippen molar-refractivity contribution in [1.82, 2.24) is 5.32 Å². The molecule has 1 aromatic carbocycles. The number of hydrogen-bond acceptors (Lipinski definition) is 3. The van der Waals surface area contributed by atoms with E-state index in [1.807, 2.05) is 24.3 Å². The molecule has 5 nitrogen and oxygen atoms in total. The molecule has 21 heavy (non-hydrogen) atoms. The Kier molecular flexibility index (Phi) is 3.82. The maximum Gasteiger partial charge on any atom is 0.306 e. The number of rotatable bonds is 3. The zero-order valence-corrected chi connectivity index (χ0v) is 11.7. The van der Waals surface area contributed by atoms with Gasteiger partial charge in [0.05, 0.1) is 18.6 Å². The van der Waals surface area contributed by atoms with Crippen LogP contribution < -0.4 is 10.1 Å². The summed E-state index contributed by atoms with van der Waals surface area (Å²) in [7, 11) is 0. The minimum absolute atomic E-state index is 0.0274. The molecule has 0 spiro atoms. The van der Waals surface area contributed by atoms with Gasteiger partial charge in [-0.1, -0.05) is 18.2 Å². The number of carbonyl (C=O) groups is 2. The first kappa shape index (κ1) is 13.9. The van der Waals surface area contributed by atoms with Gasteiger partial charge < -0.3 is 15.2 Å². The SMILES string of the molecule is O=C(O)C1CCC(C(=O)NC2CCOc3ccccc32)C1. The lowest BCUT2D eigenvalue weighted by molar-refractivity contribution is -0.141. The summed E-state index contributed by atoms with van der Waals surface area (Å²) in [6.45, 7) is 0.588. The molecule has 2 aliphatic rings. The number of nitrogens with one attached hydrogen (secondary N) is 1. The van der Waals surface area contributed by atoms with Crippen molar-refractivity contribution in [1.29, 1.82) is 0 Å². The van der Waals surface area contributed by atoms with Crippen molar-refractivity contribution >= 4 is 11.9 Å². The topological polar surface area (TPSA) is 75.6 Å². The molecule has 0 radical (unpaired) electrons. The fraction of sp³-hybridized carbons (Fsp3) is 0.500. The second-order valence-electron chi connectivity index (χ2n) is 5.78. The van der Waals surface area contributed by atoms with Gasteiger partial charge in [0, 0.05) is 17.9 Å². The molecule has 1 aromatic rings. The van der Waals surface area contributed by atoms with Crippen LogP contribution in [0.1, 0.15) is 37.3 Å². The van der Waals surface area contributed by atoms with Crippen LogP contribution in [0.25, 0.3) is 0 Å². The fourth-order valence-corrected chi connectivity index (χ4v) is 3.23. The minimum atomic E-state index is -0.790. The van der Waals surface area contributed by atoms with Crippen LogP contribution in [0.5, 0.6) is 5.75 Å². The van der Waals surface area contributed by atoms with E-state index in [2.05, 4.69) is 5.32 Å². The number of ether oxygens (including phenoxy) is 1. The lowest BCUT2D eigenvalue weighted by atomic mass is 9.98. The molecule has 0 bridgehead atoms. The first-order chi connectivity index (χ1) is 10.1. The number of benzene rings is 1. The molecule has 1 heterocycles. The second-order valence-corrected chi connectivity index (χ2v) is 5.78. The van der Waals surface area contributed by atoms with Gasteiger partial charge in [-0.15, -0.1) is 0 Å². The third-order valence-corrected chi connectivity index (χ3v) is 4.43. The summed E-state index contributed by atoms with van der Waals surface area (Å²) >= 11 is 0. The van der Waals surface area contributed by atoms with E-state index in [0.29, 0.717) is 25.9 Å². The molecule has 1 aliphatic carbocycles. The Morgan fingerprint density at radius 2 is 1.90 bits per heavy atom. The largest absolute Gasteiger partial charge is 0.493 e. The molecular weight excluding hydrogens is 270 g/mol. The van der Waals surface area contributed by atoms with Gasteiger partial charge in [0.2, 0.25) is 5.91 Å². The molecule has 1 saturated carbocycles. The van der Waals surface area contributed by atoms with Crippen LogP contribution in [0.15, 0.2) is 24.3 Å². The molecular formula is C16H19NO4. The molecule has 112 valence electrons. The summed E-state index contributed by atoms with van der Waals surface area (Å²) in [4.78, 5) is 23.3. The van der Waals surface area contributed by atoms with Crippen LogP contribution in [0, 0.1) is 11.8 Å². The predicted molar refractivity (Wildman–Crippen MR) is 75.9 cm³/mol. The molecule has 1 aliphatic heterocycles. The Bertz CT molecular complexity index is 557. The second kappa shape index (κ2) is 5.76. The van der Waals surface area contributed by atoms with E-state index in [1.54, 1.807) is 0 Å². The molecule has 1 fully saturated rings. The molecule has 1 amide bonds. The van der Waals surface area contributed by atoms with E-state index < -0.39 is 5.97 Å². The molecule has 5 heteroatoms. The van der Waals surface area contributed by atoms with Gasteiger partial charge in [0.1, 0.15) is 5.75 Å². The smallest absolute Gasteiger partial charge is 0.306 e. The van der Waals surface area contributed by atoms with Crippen LogP contribution in [0.2, 0.25) is 0 Å². The van der Waals surface area contributed by atoms with Crippen LogP contribution in [-0.2, 0) is 9.59 Å². The van der Waals surface area contributed by atoms with E-state index in [9.17, 15) is 9.59 Å². The summed E-state index contributed by atoms with van der Waals surface area (Å²) in [6, 6.07) is 7.68. The highest BCUT2D eigenvalue weighted by Gasteiger charge is 2.35. The first-order valence-electron chi connectivity index (χ1n) is 7.40. The summed E-state index contributed by atoms with van der Waals surface area (Å²) in [5.74, 6) is -0.546. The maximum atomic E-state index is 12.3. The summed E-state index contributed by atoms with van der Waals surface area (Å²) in [6.07, 6.45) is 2.45. The minimum Gasteiger partial charge on any atom is -0.493 e. The van der Waals surface area contributed by atoms with Crippen molar-refractivity contribution in [2.45, 2.75) is 31.7 Å². The van der Waals surface area contributed by atoms with Crippen molar-refractivity contribution in [2.75, 3.05) is 6.61 Å². The highest BCUT2D eigenvalue weighted by Crippen LogP contribution is 2.34. The van der Waals surface area contributed by atoms with Crippen molar-refractivity contribution in [2.24, 2.45) is 11.8 Å². The van der Waals surface area contributed by atoms with Gasteiger partial charge in [-0.2, -0.15) is 0 Å². The lowest BCUT2D eigenvalue weighted by Gasteiger charge is -2.27. The number of fused-ring (bicyclic) bond motifs is 1. The number of para-hydroxylation sites is 1. The average Bonchev–Trinajstić information content (AvgIpc) is 2.98. The molecule has 2 N–H and O–H groups in total. The third-order valence-electron chi connectivity index (χ3n) is 4.43. The van der Waals surface area contributed by atoms with Gasteiger partial charge in [-0.3, -0.25) is 9.59 Å². The van der Waals surface area contributed by atoms with Crippen LogP contribution in [0.3, 0.4) is 0 Å². The molecule has 0 aromatic heterocycles. The Morgan fingerprint density at radius 3 is 2.67 bits per heavy atom. The van der Waals surface area contributed by atoms with Crippen molar-refractivity contribution in [3.8, 4) is 5.75 Å². The van der Waals surface area contributed by atoms with E-state index >= 15 is 0 Å². The Labute approximate surface area is 123 Å². The predicted octanol–water partition coefficient (Wildman–Crippen LogP) is 2.13. The average molecular weight is 289 g/mol. The molecule has 0 saturated heterocycles. The number of hydrogen-bond donors (Lipinski definition) is 2. The Balaban J connectivity index is 1.65. The van der Waals surface area contributed by atoms with E-state index in [-0.39, 0.29) is 23.8 Å². The first-order valence-corrected chi connectivity index (χ1v) is 7.40. The van der Waals surface area contributed by atoms with Crippen LogP contribution in [0.4, 0.5) is 0 Å². The molecule has 3 unspecified atom stereocenters. The van der Waals surface area contributed by atoms with E-state index in [4.69, 9.17) is 9.84 Å². The zero-order valence-electron chi connectivity index (χ0n) is 11.7. The number of aliphatic carboxylic acids is 1. The fourth-order valence-electron chi connectivity index (χ4n) is 3.23. The van der Waals surface area contributed by atoms with Crippen molar-refractivity contribution in [3.05, 3.63) is 29.8 Å². The van der Waals surface area contributed by atoms with Crippen molar-refractivity contribution in [3.63, 3.8) is 0 Å². The molecule has 3 rings (SSSR count). The summed E-state index contributed by atoms with van der Waals surface area (Å²) < 4.78 is 5.58. The van der Waals surface area contributed by atoms with Crippen molar-refractivity contribution < 1.29 is 19.4 Å². The highest BCUT2D eigenvalue weighted by molar-refractivity contribution is 5.81. The van der Waals surface area contributed by atoms with Crippen LogP contribution in [-0.4, -0.2) is 23.6 Å².